The van der Waals surface area contributed by atoms with Gasteiger partial charge in [0.1, 0.15) is 5.75 Å². The summed E-state index contributed by atoms with van der Waals surface area (Å²) in [5.74, 6) is 0.654. The molecule has 0 saturated heterocycles. The number of nitrogens with zero attached hydrogens (tertiary/aromatic N) is 5. The lowest BCUT2D eigenvalue weighted by molar-refractivity contribution is 0.428. The molecule has 6 heteroatoms. The van der Waals surface area contributed by atoms with Crippen molar-refractivity contribution in [2.75, 3.05) is 0 Å². The standard InChI is InChI=1S/C16H17N5O/c1-3-14-15(4-2)19-20-16(18-14)22-13-8-5-7-12(11-13)21-10-6-9-17-21/h5-11H,3-4H2,1-2H3. The molecule has 0 unspecified atom stereocenters. The summed E-state index contributed by atoms with van der Waals surface area (Å²) in [6.45, 7) is 4.09. The first kappa shape index (κ1) is 14.2. The first-order valence-corrected chi connectivity index (χ1v) is 7.30. The summed E-state index contributed by atoms with van der Waals surface area (Å²) in [5.41, 5.74) is 2.76. The smallest absolute Gasteiger partial charge is 0.341 e. The molecule has 3 rings (SSSR count). The number of benzene rings is 1. The summed E-state index contributed by atoms with van der Waals surface area (Å²) in [6.07, 6.45) is 5.24. The van der Waals surface area contributed by atoms with E-state index in [2.05, 4.69) is 20.3 Å². The van der Waals surface area contributed by atoms with E-state index in [1.807, 2.05) is 50.4 Å². The van der Waals surface area contributed by atoms with Gasteiger partial charge in [-0.2, -0.15) is 10.1 Å². The average Bonchev–Trinajstić information content (AvgIpc) is 3.09. The van der Waals surface area contributed by atoms with E-state index in [0.717, 1.165) is 29.9 Å². The van der Waals surface area contributed by atoms with E-state index in [-0.39, 0.29) is 6.01 Å². The van der Waals surface area contributed by atoms with Crippen LogP contribution in [0.15, 0.2) is 42.7 Å². The highest BCUT2D eigenvalue weighted by Gasteiger charge is 2.08. The molecular formula is C16H17N5O. The van der Waals surface area contributed by atoms with Crippen LogP contribution in [-0.2, 0) is 12.8 Å². The molecule has 0 aliphatic carbocycles. The van der Waals surface area contributed by atoms with E-state index in [1.165, 1.54) is 0 Å². The van der Waals surface area contributed by atoms with Crippen LogP contribution in [0.25, 0.3) is 5.69 Å². The number of hydrogen-bond acceptors (Lipinski definition) is 5. The molecule has 0 atom stereocenters. The predicted octanol–water partition coefficient (Wildman–Crippen LogP) is 2.97. The Bertz CT molecular complexity index is 755. The molecule has 1 aromatic carbocycles. The van der Waals surface area contributed by atoms with Crippen LogP contribution in [0.5, 0.6) is 11.8 Å². The molecule has 2 aromatic heterocycles. The van der Waals surface area contributed by atoms with Crippen molar-refractivity contribution in [1.82, 2.24) is 25.0 Å². The van der Waals surface area contributed by atoms with Crippen molar-refractivity contribution in [3.05, 3.63) is 54.1 Å². The Kier molecular flexibility index (Phi) is 4.09. The average molecular weight is 295 g/mol. The topological polar surface area (TPSA) is 65.7 Å². The predicted molar refractivity (Wildman–Crippen MR) is 82.2 cm³/mol. The monoisotopic (exact) mass is 295 g/mol. The van der Waals surface area contributed by atoms with E-state index < -0.39 is 0 Å². The van der Waals surface area contributed by atoms with Gasteiger partial charge < -0.3 is 4.74 Å². The number of hydrogen-bond donors (Lipinski definition) is 0. The molecule has 0 radical (unpaired) electrons. The summed E-state index contributed by atoms with van der Waals surface area (Å²) < 4.78 is 7.50. The number of aryl methyl sites for hydroxylation is 2. The minimum absolute atomic E-state index is 0.270. The molecule has 2 heterocycles. The lowest BCUT2D eigenvalue weighted by Crippen LogP contribution is -2.04. The van der Waals surface area contributed by atoms with Crippen molar-refractivity contribution in [2.45, 2.75) is 26.7 Å². The van der Waals surface area contributed by atoms with Gasteiger partial charge in [-0.15, -0.1) is 5.10 Å². The second-order valence-electron chi connectivity index (χ2n) is 4.74. The van der Waals surface area contributed by atoms with Gasteiger partial charge in [-0.3, -0.25) is 0 Å². The van der Waals surface area contributed by atoms with Gasteiger partial charge in [0.15, 0.2) is 0 Å². The summed E-state index contributed by atoms with van der Waals surface area (Å²) in [6, 6.07) is 9.74. The van der Waals surface area contributed by atoms with Crippen LogP contribution in [0.1, 0.15) is 25.2 Å². The lowest BCUT2D eigenvalue weighted by atomic mass is 10.2. The Morgan fingerprint density at radius 3 is 2.64 bits per heavy atom. The summed E-state index contributed by atoms with van der Waals surface area (Å²) in [5, 5.41) is 12.4. The van der Waals surface area contributed by atoms with Gasteiger partial charge in [-0.05, 0) is 31.0 Å². The number of rotatable bonds is 5. The van der Waals surface area contributed by atoms with Crippen LogP contribution in [0.4, 0.5) is 0 Å². The zero-order valence-corrected chi connectivity index (χ0v) is 12.6. The van der Waals surface area contributed by atoms with Gasteiger partial charge in [0.05, 0.1) is 17.1 Å². The van der Waals surface area contributed by atoms with Crippen LogP contribution in [0.3, 0.4) is 0 Å². The molecule has 0 fully saturated rings. The molecule has 0 aliphatic rings. The highest BCUT2D eigenvalue weighted by atomic mass is 16.5. The van der Waals surface area contributed by atoms with Crippen LogP contribution in [0, 0.1) is 0 Å². The van der Waals surface area contributed by atoms with E-state index in [1.54, 1.807) is 10.9 Å². The molecule has 0 spiro atoms. The molecular weight excluding hydrogens is 278 g/mol. The van der Waals surface area contributed by atoms with Gasteiger partial charge >= 0.3 is 6.01 Å². The quantitative estimate of drug-likeness (QED) is 0.724. The first-order valence-electron chi connectivity index (χ1n) is 7.30. The zero-order valence-electron chi connectivity index (χ0n) is 12.6. The van der Waals surface area contributed by atoms with Gasteiger partial charge in [0.25, 0.3) is 0 Å². The molecule has 0 bridgehead atoms. The fourth-order valence-electron chi connectivity index (χ4n) is 2.18. The maximum atomic E-state index is 5.73. The number of ether oxygens (including phenoxy) is 1. The fourth-order valence-corrected chi connectivity index (χ4v) is 2.18. The van der Waals surface area contributed by atoms with Gasteiger partial charge in [0.2, 0.25) is 0 Å². The largest absolute Gasteiger partial charge is 0.423 e. The van der Waals surface area contributed by atoms with E-state index in [9.17, 15) is 0 Å². The van der Waals surface area contributed by atoms with Crippen LogP contribution in [0.2, 0.25) is 0 Å². The molecule has 0 N–H and O–H groups in total. The van der Waals surface area contributed by atoms with Crippen molar-refractivity contribution >= 4 is 0 Å². The Hall–Kier alpha value is -2.76. The van der Waals surface area contributed by atoms with Crippen LogP contribution in [-0.4, -0.2) is 25.0 Å². The van der Waals surface area contributed by atoms with E-state index in [4.69, 9.17) is 4.74 Å². The molecule has 22 heavy (non-hydrogen) atoms. The molecule has 0 aliphatic heterocycles. The van der Waals surface area contributed by atoms with Crippen LogP contribution < -0.4 is 4.74 Å². The summed E-state index contributed by atoms with van der Waals surface area (Å²) in [4.78, 5) is 4.43. The van der Waals surface area contributed by atoms with Gasteiger partial charge in [-0.1, -0.05) is 25.0 Å². The molecule has 112 valence electrons. The van der Waals surface area contributed by atoms with E-state index in [0.29, 0.717) is 5.75 Å². The second kappa shape index (κ2) is 6.34. The summed E-state index contributed by atoms with van der Waals surface area (Å²) >= 11 is 0. The molecule has 6 nitrogen and oxygen atoms in total. The molecule has 0 saturated carbocycles. The third-order valence-corrected chi connectivity index (χ3v) is 3.29. The van der Waals surface area contributed by atoms with Crippen molar-refractivity contribution in [1.29, 1.82) is 0 Å². The maximum absolute atomic E-state index is 5.73. The van der Waals surface area contributed by atoms with E-state index >= 15 is 0 Å². The number of aromatic nitrogens is 5. The van der Waals surface area contributed by atoms with Gasteiger partial charge in [-0.25, -0.2) is 4.68 Å². The maximum Gasteiger partial charge on any atom is 0.341 e. The third kappa shape index (κ3) is 2.95. The Morgan fingerprint density at radius 2 is 1.91 bits per heavy atom. The first-order chi connectivity index (χ1) is 10.8. The van der Waals surface area contributed by atoms with Crippen molar-refractivity contribution in [2.24, 2.45) is 0 Å². The summed E-state index contributed by atoms with van der Waals surface area (Å²) in [7, 11) is 0. The van der Waals surface area contributed by atoms with Crippen molar-refractivity contribution < 1.29 is 4.74 Å². The minimum atomic E-state index is 0.270. The highest BCUT2D eigenvalue weighted by molar-refractivity contribution is 5.39. The Balaban J connectivity index is 1.86. The zero-order chi connectivity index (χ0) is 15.4. The lowest BCUT2D eigenvalue weighted by Gasteiger charge is -2.08. The Morgan fingerprint density at radius 1 is 1.05 bits per heavy atom. The fraction of sp³-hybridized carbons (Fsp3) is 0.250. The highest BCUT2D eigenvalue weighted by Crippen LogP contribution is 2.21. The SMILES string of the molecule is CCc1nnc(Oc2cccc(-n3cccn3)c2)nc1CC. The molecule has 3 aromatic rings. The third-order valence-electron chi connectivity index (χ3n) is 3.29. The van der Waals surface area contributed by atoms with Crippen LogP contribution >= 0.6 is 0 Å². The van der Waals surface area contributed by atoms with Gasteiger partial charge in [0, 0.05) is 18.5 Å². The molecule has 0 amide bonds. The van der Waals surface area contributed by atoms with Crippen molar-refractivity contribution in [3.8, 4) is 17.4 Å². The normalized spacial score (nSPS) is 10.6. The van der Waals surface area contributed by atoms with Crippen molar-refractivity contribution in [3.63, 3.8) is 0 Å². The Labute approximate surface area is 128 Å². The second-order valence-corrected chi connectivity index (χ2v) is 4.74. The minimum Gasteiger partial charge on any atom is -0.423 e.